The van der Waals surface area contributed by atoms with Gasteiger partial charge in [0.2, 0.25) is 10.0 Å². The van der Waals surface area contributed by atoms with Crippen LogP contribution in [-0.2, 0) is 10.0 Å². The second-order valence-electron chi connectivity index (χ2n) is 4.09. The van der Waals surface area contributed by atoms with E-state index < -0.39 is 10.0 Å². The van der Waals surface area contributed by atoms with Gasteiger partial charge in [-0.2, -0.15) is 0 Å². The largest absolute Gasteiger partial charge is 0.293 e. The van der Waals surface area contributed by atoms with Crippen molar-refractivity contribution in [2.24, 2.45) is 5.14 Å². The molecule has 0 bridgehead atoms. The lowest BCUT2D eigenvalue weighted by Gasteiger charge is -2.03. The molecule has 0 atom stereocenters. The summed E-state index contributed by atoms with van der Waals surface area (Å²) in [5, 5.41) is 5.00. The summed E-state index contributed by atoms with van der Waals surface area (Å²) in [5.41, 5.74) is 0.473. The number of hydrogen-bond acceptors (Lipinski definition) is 4. The number of carbonyl (C=O) groups is 1. The van der Waals surface area contributed by atoms with Crippen molar-refractivity contribution in [2.45, 2.75) is 9.79 Å². The standard InChI is InChI=1S/C14H13NO3S2/c15-20(17,18)13-8-6-11(7-9-13)14(16)10-19-12-4-2-1-3-5-12/h1-9H,10H2,(H2,15,17,18). The lowest BCUT2D eigenvalue weighted by molar-refractivity contribution is 0.102. The van der Waals surface area contributed by atoms with E-state index >= 15 is 0 Å². The zero-order chi connectivity index (χ0) is 14.6. The van der Waals surface area contributed by atoms with Crippen molar-refractivity contribution in [3.8, 4) is 0 Å². The number of rotatable bonds is 5. The van der Waals surface area contributed by atoms with Crippen LogP contribution in [0.1, 0.15) is 10.4 Å². The topological polar surface area (TPSA) is 77.2 Å². The third kappa shape index (κ3) is 3.93. The molecule has 0 aliphatic carbocycles. The van der Waals surface area contributed by atoms with Gasteiger partial charge in [-0.3, -0.25) is 4.79 Å². The van der Waals surface area contributed by atoms with Gasteiger partial charge in [-0.05, 0) is 24.3 Å². The molecule has 0 saturated carbocycles. The Bertz CT molecular complexity index is 695. The summed E-state index contributed by atoms with van der Waals surface area (Å²) in [6, 6.07) is 15.2. The fourth-order valence-electron chi connectivity index (χ4n) is 1.58. The van der Waals surface area contributed by atoms with Crippen LogP contribution in [0.5, 0.6) is 0 Å². The molecule has 104 valence electrons. The lowest BCUT2D eigenvalue weighted by Crippen LogP contribution is -2.12. The Hall–Kier alpha value is -1.63. The summed E-state index contributed by atoms with van der Waals surface area (Å²) in [7, 11) is -3.72. The van der Waals surface area contributed by atoms with E-state index in [0.29, 0.717) is 11.3 Å². The van der Waals surface area contributed by atoms with E-state index in [4.69, 9.17) is 5.14 Å². The molecule has 2 rings (SSSR count). The van der Waals surface area contributed by atoms with Crippen molar-refractivity contribution in [1.29, 1.82) is 0 Å². The Morgan fingerprint density at radius 3 is 2.15 bits per heavy atom. The molecule has 0 amide bonds. The van der Waals surface area contributed by atoms with E-state index in [2.05, 4.69) is 0 Å². The van der Waals surface area contributed by atoms with Crippen LogP contribution in [0.25, 0.3) is 0 Å². The summed E-state index contributed by atoms with van der Waals surface area (Å²) < 4.78 is 22.2. The maximum Gasteiger partial charge on any atom is 0.238 e. The van der Waals surface area contributed by atoms with Crippen LogP contribution in [0.15, 0.2) is 64.4 Å². The summed E-state index contributed by atoms with van der Waals surface area (Å²) >= 11 is 1.44. The van der Waals surface area contributed by atoms with Gasteiger partial charge in [0.15, 0.2) is 5.78 Å². The first-order valence-corrected chi connectivity index (χ1v) is 8.34. The van der Waals surface area contributed by atoms with E-state index in [9.17, 15) is 13.2 Å². The zero-order valence-corrected chi connectivity index (χ0v) is 12.2. The van der Waals surface area contributed by atoms with Crippen LogP contribution >= 0.6 is 11.8 Å². The molecular formula is C14H13NO3S2. The molecule has 2 N–H and O–H groups in total. The third-order valence-corrected chi connectivity index (χ3v) is 4.56. The molecule has 0 aliphatic heterocycles. The first-order chi connectivity index (χ1) is 9.47. The highest BCUT2D eigenvalue weighted by atomic mass is 32.2. The molecule has 0 saturated heterocycles. The number of thioether (sulfide) groups is 1. The van der Waals surface area contributed by atoms with E-state index in [1.807, 2.05) is 30.3 Å². The average molecular weight is 307 g/mol. The smallest absolute Gasteiger partial charge is 0.238 e. The Labute approximate surface area is 122 Å². The monoisotopic (exact) mass is 307 g/mol. The van der Waals surface area contributed by atoms with Crippen LogP contribution < -0.4 is 5.14 Å². The SMILES string of the molecule is NS(=O)(=O)c1ccc(C(=O)CSc2ccccc2)cc1. The summed E-state index contributed by atoms with van der Waals surface area (Å²) in [5.74, 6) is 0.249. The number of primary sulfonamides is 1. The fourth-order valence-corrected chi connectivity index (χ4v) is 2.91. The van der Waals surface area contributed by atoms with Crippen molar-refractivity contribution in [2.75, 3.05) is 5.75 Å². The molecule has 4 nitrogen and oxygen atoms in total. The fraction of sp³-hybridized carbons (Fsp3) is 0.0714. The van der Waals surface area contributed by atoms with Gasteiger partial charge in [-0.1, -0.05) is 30.3 Å². The molecular weight excluding hydrogens is 294 g/mol. The van der Waals surface area contributed by atoms with E-state index in [1.165, 1.54) is 36.0 Å². The van der Waals surface area contributed by atoms with Crippen LogP contribution in [0.2, 0.25) is 0 Å². The quantitative estimate of drug-likeness (QED) is 0.679. The van der Waals surface area contributed by atoms with Crippen LogP contribution in [-0.4, -0.2) is 20.0 Å². The molecule has 0 spiro atoms. The van der Waals surface area contributed by atoms with Gasteiger partial charge in [0.05, 0.1) is 10.6 Å². The maximum absolute atomic E-state index is 12.0. The summed E-state index contributed by atoms with van der Waals surface area (Å²) in [6.45, 7) is 0. The number of sulfonamides is 1. The highest BCUT2D eigenvalue weighted by molar-refractivity contribution is 8.00. The minimum Gasteiger partial charge on any atom is -0.293 e. The van der Waals surface area contributed by atoms with Crippen molar-refractivity contribution < 1.29 is 13.2 Å². The molecule has 20 heavy (non-hydrogen) atoms. The minimum atomic E-state index is -3.72. The summed E-state index contributed by atoms with van der Waals surface area (Å²) in [6.07, 6.45) is 0. The first-order valence-electron chi connectivity index (χ1n) is 5.81. The van der Waals surface area contributed by atoms with Crippen LogP contribution in [0.4, 0.5) is 0 Å². The predicted molar refractivity (Wildman–Crippen MR) is 79.3 cm³/mol. The predicted octanol–water partition coefficient (Wildman–Crippen LogP) is 2.31. The Morgan fingerprint density at radius 1 is 1.00 bits per heavy atom. The first kappa shape index (κ1) is 14.8. The molecule has 0 aliphatic rings. The Balaban J connectivity index is 2.03. The van der Waals surface area contributed by atoms with Crippen molar-refractivity contribution in [1.82, 2.24) is 0 Å². The number of ketones is 1. The van der Waals surface area contributed by atoms with Crippen molar-refractivity contribution in [3.05, 3.63) is 60.2 Å². The molecule has 2 aromatic carbocycles. The summed E-state index contributed by atoms with van der Waals surface area (Å²) in [4.78, 5) is 13.0. The number of nitrogens with two attached hydrogens (primary N) is 1. The molecule has 2 aromatic rings. The third-order valence-electron chi connectivity index (χ3n) is 2.62. The minimum absolute atomic E-state index is 0.00441. The number of Topliss-reactive ketones (excluding diaryl/α,β-unsaturated/α-hetero) is 1. The highest BCUT2D eigenvalue weighted by Gasteiger charge is 2.10. The van der Waals surface area contributed by atoms with Crippen molar-refractivity contribution >= 4 is 27.6 Å². The van der Waals surface area contributed by atoms with Gasteiger partial charge in [0.25, 0.3) is 0 Å². The Morgan fingerprint density at radius 2 is 1.60 bits per heavy atom. The average Bonchev–Trinajstić information content (AvgIpc) is 2.45. The Kier molecular flexibility index (Phi) is 4.59. The second kappa shape index (κ2) is 6.21. The van der Waals surface area contributed by atoms with E-state index in [1.54, 1.807) is 0 Å². The van der Waals surface area contributed by atoms with Gasteiger partial charge < -0.3 is 0 Å². The molecule has 0 unspecified atom stereocenters. The second-order valence-corrected chi connectivity index (χ2v) is 6.70. The van der Waals surface area contributed by atoms with Gasteiger partial charge in [-0.25, -0.2) is 13.6 Å². The van der Waals surface area contributed by atoms with Crippen LogP contribution in [0, 0.1) is 0 Å². The normalized spacial score (nSPS) is 11.2. The van der Waals surface area contributed by atoms with E-state index in [0.717, 1.165) is 4.90 Å². The maximum atomic E-state index is 12.0. The number of carbonyl (C=O) groups excluding carboxylic acids is 1. The van der Waals surface area contributed by atoms with Gasteiger partial charge in [0.1, 0.15) is 0 Å². The van der Waals surface area contributed by atoms with Crippen molar-refractivity contribution in [3.63, 3.8) is 0 Å². The molecule has 6 heteroatoms. The molecule has 0 aromatic heterocycles. The van der Waals surface area contributed by atoms with Gasteiger partial charge >= 0.3 is 0 Å². The van der Waals surface area contributed by atoms with Crippen LogP contribution in [0.3, 0.4) is 0 Å². The zero-order valence-electron chi connectivity index (χ0n) is 10.5. The molecule has 0 heterocycles. The lowest BCUT2D eigenvalue weighted by atomic mass is 10.1. The highest BCUT2D eigenvalue weighted by Crippen LogP contribution is 2.19. The molecule has 0 fully saturated rings. The van der Waals surface area contributed by atoms with E-state index in [-0.39, 0.29) is 10.7 Å². The molecule has 0 radical (unpaired) electrons. The number of benzene rings is 2. The number of hydrogen-bond donors (Lipinski definition) is 1. The van der Waals surface area contributed by atoms with Gasteiger partial charge in [0, 0.05) is 10.5 Å². The van der Waals surface area contributed by atoms with Gasteiger partial charge in [-0.15, -0.1) is 11.8 Å².